The number of nitrogens with one attached hydrogen (secondary N) is 1. The summed E-state index contributed by atoms with van der Waals surface area (Å²) in [6, 6.07) is 29.1. The summed E-state index contributed by atoms with van der Waals surface area (Å²) in [6.07, 6.45) is 5.34. The van der Waals surface area contributed by atoms with Crippen molar-refractivity contribution in [3.05, 3.63) is 112 Å². The second kappa shape index (κ2) is 13.1. The normalized spacial score (nSPS) is 15.2. The molecule has 220 valence electrons. The number of anilines is 1. The van der Waals surface area contributed by atoms with Crippen LogP contribution in [0.5, 0.6) is 0 Å². The van der Waals surface area contributed by atoms with Gasteiger partial charge >= 0.3 is 0 Å². The lowest BCUT2D eigenvalue weighted by molar-refractivity contribution is -0.141. The third-order valence-electron chi connectivity index (χ3n) is 8.66. The van der Waals surface area contributed by atoms with Crippen molar-refractivity contribution in [2.75, 3.05) is 11.4 Å². The largest absolute Gasteiger partial charge is 0.352 e. The minimum absolute atomic E-state index is 0.0242. The van der Waals surface area contributed by atoms with Crippen LogP contribution in [0, 0.1) is 0 Å². The van der Waals surface area contributed by atoms with E-state index in [0.717, 1.165) is 57.7 Å². The van der Waals surface area contributed by atoms with Gasteiger partial charge in [0.1, 0.15) is 6.04 Å². The van der Waals surface area contributed by atoms with E-state index >= 15 is 0 Å². The van der Waals surface area contributed by atoms with E-state index in [-0.39, 0.29) is 30.2 Å². The van der Waals surface area contributed by atoms with Gasteiger partial charge in [0, 0.05) is 47.4 Å². The SMILES string of the molecule is O=C(NC1CCCC1)[C@H](Cc1ccccc1)N(Cc1ccc(Br)cc1)C(=O)CCCN1C(=O)c2cccc3cccc1c23. The van der Waals surface area contributed by atoms with Crippen molar-refractivity contribution in [3.63, 3.8) is 0 Å². The molecular formula is C36H36BrN3O3. The van der Waals surface area contributed by atoms with Gasteiger partial charge < -0.3 is 15.1 Å². The lowest BCUT2D eigenvalue weighted by Gasteiger charge is -2.32. The van der Waals surface area contributed by atoms with E-state index in [2.05, 4.69) is 21.2 Å². The molecule has 4 aromatic rings. The average molecular weight is 639 g/mol. The quantitative estimate of drug-likeness (QED) is 0.192. The molecule has 0 aromatic heterocycles. The first kappa shape index (κ1) is 29.1. The first-order valence-electron chi connectivity index (χ1n) is 15.2. The van der Waals surface area contributed by atoms with Crippen LogP contribution in [0.25, 0.3) is 10.8 Å². The molecular weight excluding hydrogens is 602 g/mol. The fraction of sp³-hybridized carbons (Fsp3) is 0.306. The standard InChI is InChI=1S/C36H36BrN3O3/c37-28-20-18-26(19-21-28)24-40(32(23-25-9-2-1-3-10-25)35(42)38-29-13-4-5-14-29)33(41)17-8-22-39-31-16-7-12-27-11-6-15-30(34(27)31)36(39)43/h1-3,6-7,9-12,15-16,18-21,29,32H,4-5,8,13-14,17,22-24H2,(H,38,42)/t32-/m0/s1. The van der Waals surface area contributed by atoms with Gasteiger partial charge in [-0.15, -0.1) is 0 Å². The predicted octanol–water partition coefficient (Wildman–Crippen LogP) is 7.04. The number of amides is 3. The second-order valence-corrected chi connectivity index (χ2v) is 12.5. The number of hydrogen-bond acceptors (Lipinski definition) is 3. The number of benzene rings is 4. The monoisotopic (exact) mass is 637 g/mol. The summed E-state index contributed by atoms with van der Waals surface area (Å²) in [7, 11) is 0. The van der Waals surface area contributed by atoms with Crippen LogP contribution in [0.3, 0.4) is 0 Å². The summed E-state index contributed by atoms with van der Waals surface area (Å²) < 4.78 is 0.959. The molecule has 1 heterocycles. The first-order chi connectivity index (χ1) is 21.0. The Labute approximate surface area is 261 Å². The minimum Gasteiger partial charge on any atom is -0.352 e. The molecule has 7 heteroatoms. The molecule has 1 N–H and O–H groups in total. The van der Waals surface area contributed by atoms with Crippen molar-refractivity contribution >= 4 is 50.1 Å². The van der Waals surface area contributed by atoms with E-state index in [1.54, 1.807) is 9.80 Å². The van der Waals surface area contributed by atoms with Gasteiger partial charge in [-0.1, -0.05) is 95.5 Å². The first-order valence-corrected chi connectivity index (χ1v) is 16.0. The van der Waals surface area contributed by atoms with E-state index in [1.807, 2.05) is 91.0 Å². The van der Waals surface area contributed by atoms with Crippen molar-refractivity contribution in [1.82, 2.24) is 10.2 Å². The number of hydrogen-bond donors (Lipinski definition) is 1. The Morgan fingerprint density at radius 2 is 1.60 bits per heavy atom. The van der Waals surface area contributed by atoms with Crippen LogP contribution in [-0.2, 0) is 22.6 Å². The summed E-state index contributed by atoms with van der Waals surface area (Å²) in [5, 5.41) is 5.28. The maximum absolute atomic E-state index is 14.1. The van der Waals surface area contributed by atoms with Gasteiger partial charge in [0.15, 0.2) is 0 Å². The van der Waals surface area contributed by atoms with Gasteiger partial charge in [-0.2, -0.15) is 0 Å². The fourth-order valence-electron chi connectivity index (χ4n) is 6.44. The van der Waals surface area contributed by atoms with Crippen molar-refractivity contribution < 1.29 is 14.4 Å². The van der Waals surface area contributed by atoms with Crippen LogP contribution in [0.4, 0.5) is 5.69 Å². The third kappa shape index (κ3) is 6.52. The van der Waals surface area contributed by atoms with Crippen molar-refractivity contribution in [2.45, 2.75) is 63.6 Å². The van der Waals surface area contributed by atoms with Crippen LogP contribution in [0.15, 0.2) is 95.5 Å². The zero-order valence-electron chi connectivity index (χ0n) is 24.2. The lowest BCUT2D eigenvalue weighted by Crippen LogP contribution is -2.52. The zero-order valence-corrected chi connectivity index (χ0v) is 25.8. The molecule has 1 saturated carbocycles. The molecule has 0 radical (unpaired) electrons. The molecule has 1 fully saturated rings. The number of halogens is 1. The maximum atomic E-state index is 14.1. The van der Waals surface area contributed by atoms with E-state index < -0.39 is 6.04 Å². The van der Waals surface area contributed by atoms with Crippen molar-refractivity contribution in [1.29, 1.82) is 0 Å². The zero-order chi connectivity index (χ0) is 29.8. The molecule has 1 aliphatic heterocycles. The molecule has 0 saturated heterocycles. The van der Waals surface area contributed by atoms with Gasteiger partial charge in [-0.05, 0) is 60.0 Å². The van der Waals surface area contributed by atoms with Crippen LogP contribution in [0.2, 0.25) is 0 Å². The van der Waals surface area contributed by atoms with Gasteiger partial charge in [0.05, 0.1) is 5.69 Å². The number of nitrogens with zero attached hydrogens (tertiary/aromatic N) is 2. The Hall–Kier alpha value is -3.97. The smallest absolute Gasteiger partial charge is 0.258 e. The summed E-state index contributed by atoms with van der Waals surface area (Å²) in [4.78, 5) is 44.8. The fourth-order valence-corrected chi connectivity index (χ4v) is 6.71. The van der Waals surface area contributed by atoms with E-state index in [1.165, 1.54) is 0 Å². The molecule has 6 rings (SSSR count). The van der Waals surface area contributed by atoms with Crippen LogP contribution in [0.1, 0.15) is 60.0 Å². The molecule has 1 atom stereocenters. The molecule has 3 amide bonds. The third-order valence-corrected chi connectivity index (χ3v) is 9.19. The van der Waals surface area contributed by atoms with Crippen LogP contribution >= 0.6 is 15.9 Å². The van der Waals surface area contributed by atoms with Crippen LogP contribution in [-0.4, -0.2) is 41.2 Å². The average Bonchev–Trinajstić information content (AvgIpc) is 3.63. The number of carbonyl (C=O) groups is 3. The van der Waals surface area contributed by atoms with E-state index in [4.69, 9.17) is 0 Å². The molecule has 2 aliphatic rings. The van der Waals surface area contributed by atoms with E-state index in [9.17, 15) is 14.4 Å². The Bertz CT molecular complexity index is 1610. The number of carbonyl (C=O) groups excluding carboxylic acids is 3. The highest BCUT2D eigenvalue weighted by Crippen LogP contribution is 2.37. The summed E-state index contributed by atoms with van der Waals surface area (Å²) in [5.41, 5.74) is 3.58. The highest BCUT2D eigenvalue weighted by molar-refractivity contribution is 9.10. The van der Waals surface area contributed by atoms with Gasteiger partial charge in [0.2, 0.25) is 11.8 Å². The second-order valence-electron chi connectivity index (χ2n) is 11.6. The topological polar surface area (TPSA) is 69.7 Å². The van der Waals surface area contributed by atoms with Gasteiger partial charge in [-0.25, -0.2) is 0 Å². The summed E-state index contributed by atoms with van der Waals surface area (Å²) in [6.45, 7) is 0.761. The molecule has 0 bridgehead atoms. The molecule has 1 aliphatic carbocycles. The summed E-state index contributed by atoms with van der Waals surface area (Å²) in [5.74, 6) is -0.213. The lowest BCUT2D eigenvalue weighted by atomic mass is 10.0. The molecule has 0 unspecified atom stereocenters. The summed E-state index contributed by atoms with van der Waals surface area (Å²) >= 11 is 3.50. The molecule has 43 heavy (non-hydrogen) atoms. The van der Waals surface area contributed by atoms with Crippen molar-refractivity contribution in [2.24, 2.45) is 0 Å². The Morgan fingerprint density at radius 1 is 0.884 bits per heavy atom. The maximum Gasteiger partial charge on any atom is 0.258 e. The Kier molecular flexibility index (Phi) is 8.89. The Morgan fingerprint density at radius 3 is 2.35 bits per heavy atom. The van der Waals surface area contributed by atoms with E-state index in [0.29, 0.717) is 31.5 Å². The highest BCUT2D eigenvalue weighted by Gasteiger charge is 2.33. The van der Waals surface area contributed by atoms with Gasteiger partial charge in [0.25, 0.3) is 5.91 Å². The highest BCUT2D eigenvalue weighted by atomic mass is 79.9. The van der Waals surface area contributed by atoms with Gasteiger partial charge in [-0.3, -0.25) is 14.4 Å². The minimum atomic E-state index is -0.648. The number of rotatable bonds is 11. The molecule has 0 spiro atoms. The predicted molar refractivity (Wildman–Crippen MR) is 174 cm³/mol. The van der Waals surface area contributed by atoms with Crippen LogP contribution < -0.4 is 10.2 Å². The van der Waals surface area contributed by atoms with Crippen molar-refractivity contribution in [3.8, 4) is 0 Å². The molecule has 4 aromatic carbocycles. The Balaban J connectivity index is 1.23. The molecule has 6 nitrogen and oxygen atoms in total.